The monoisotopic (exact) mass is 332 g/mol. The molecule has 21 heavy (non-hydrogen) atoms. The molecule has 4 nitrogen and oxygen atoms in total. The molecule has 1 atom stereocenters. The van der Waals surface area contributed by atoms with Crippen molar-refractivity contribution in [1.82, 2.24) is 0 Å². The summed E-state index contributed by atoms with van der Waals surface area (Å²) in [5.41, 5.74) is 0.763. The first-order valence-corrected chi connectivity index (χ1v) is 11.4. The molecule has 1 fully saturated rings. The van der Waals surface area contributed by atoms with Crippen molar-refractivity contribution in [3.05, 3.63) is 29.8 Å². The lowest BCUT2D eigenvalue weighted by Gasteiger charge is -2.47. The summed E-state index contributed by atoms with van der Waals surface area (Å²) in [6, 6.07) is 6.65. The van der Waals surface area contributed by atoms with Crippen LogP contribution in [-0.2, 0) is 18.5 Å². The van der Waals surface area contributed by atoms with E-state index in [0.717, 1.165) is 24.8 Å². The van der Waals surface area contributed by atoms with E-state index in [0.29, 0.717) is 6.61 Å². The van der Waals surface area contributed by atoms with Gasteiger partial charge in [0.25, 0.3) is 0 Å². The van der Waals surface area contributed by atoms with Gasteiger partial charge in [-0.25, -0.2) is 3.63 Å². The highest BCUT2D eigenvalue weighted by molar-refractivity contribution is 8.44. The highest BCUT2D eigenvalue weighted by atomic mass is 32.3. The fourth-order valence-electron chi connectivity index (χ4n) is 2.37. The van der Waals surface area contributed by atoms with Gasteiger partial charge < -0.3 is 4.74 Å². The molecule has 0 aliphatic carbocycles. The zero-order valence-electron chi connectivity index (χ0n) is 12.9. The molecule has 1 unspecified atom stereocenters. The van der Waals surface area contributed by atoms with E-state index in [1.165, 1.54) is 0 Å². The molecule has 1 aromatic rings. The van der Waals surface area contributed by atoms with Gasteiger partial charge in [0, 0.05) is 6.61 Å². The lowest BCUT2D eigenvalue weighted by atomic mass is 10.2. The third kappa shape index (κ3) is 3.94. The summed E-state index contributed by atoms with van der Waals surface area (Å²) in [7, 11) is -6.74. The number of aryl methyl sites for hydroxylation is 1. The maximum atomic E-state index is 12.5. The summed E-state index contributed by atoms with van der Waals surface area (Å²) < 4.78 is 36.4. The van der Waals surface area contributed by atoms with Crippen molar-refractivity contribution in [2.24, 2.45) is 0 Å². The molecule has 0 spiro atoms. The first-order chi connectivity index (χ1) is 9.59. The Kier molecular flexibility index (Phi) is 4.37. The maximum Gasteiger partial charge on any atom is 0.305 e. The molecule has 1 aromatic carbocycles. The molecular weight excluding hydrogens is 308 g/mol. The molecule has 6 heteroatoms. The standard InChI is InChI=1S/C15H24O4S2/c1-13-8-10-14(11-9-13)20(16,17)19-21(2,3,4)15-7-5-6-12-18-15/h8-11,15H,2,5-7,12H2,1,3-4H3. The second-order valence-corrected chi connectivity index (χ2v) is 13.1. The van der Waals surface area contributed by atoms with Gasteiger partial charge in [-0.2, -0.15) is 8.42 Å². The third-order valence-corrected chi connectivity index (χ3v) is 8.94. The molecule has 1 heterocycles. The lowest BCUT2D eigenvalue weighted by Crippen LogP contribution is -2.32. The van der Waals surface area contributed by atoms with E-state index >= 15 is 0 Å². The molecule has 2 rings (SSSR count). The summed E-state index contributed by atoms with van der Waals surface area (Å²) in [6.07, 6.45) is 6.39. The first kappa shape index (κ1) is 16.7. The quantitative estimate of drug-likeness (QED) is 0.795. The van der Waals surface area contributed by atoms with Gasteiger partial charge in [-0.1, -0.05) is 23.6 Å². The van der Waals surface area contributed by atoms with Crippen molar-refractivity contribution in [1.29, 1.82) is 0 Å². The molecule has 1 aliphatic rings. The zero-order valence-corrected chi connectivity index (χ0v) is 14.5. The number of hydrogen-bond acceptors (Lipinski definition) is 4. The average molecular weight is 332 g/mol. The second-order valence-electron chi connectivity index (χ2n) is 6.30. The second kappa shape index (κ2) is 5.50. The van der Waals surface area contributed by atoms with Crippen molar-refractivity contribution in [3.63, 3.8) is 0 Å². The molecular formula is C15H24O4S2. The van der Waals surface area contributed by atoms with Crippen LogP contribution in [0.5, 0.6) is 0 Å². The average Bonchev–Trinajstić information content (AvgIpc) is 2.38. The normalized spacial score (nSPS) is 22.4. The molecule has 0 N–H and O–H groups in total. The van der Waals surface area contributed by atoms with Gasteiger partial charge in [-0.3, -0.25) is 0 Å². The van der Waals surface area contributed by atoms with Crippen LogP contribution in [0.3, 0.4) is 0 Å². The lowest BCUT2D eigenvalue weighted by molar-refractivity contribution is 0.0664. The molecule has 0 bridgehead atoms. The van der Waals surface area contributed by atoms with Crippen LogP contribution in [0.25, 0.3) is 0 Å². The van der Waals surface area contributed by atoms with Crippen molar-refractivity contribution in [2.45, 2.75) is 36.5 Å². The van der Waals surface area contributed by atoms with Gasteiger partial charge in [-0.05, 0) is 50.8 Å². The molecule has 120 valence electrons. The van der Waals surface area contributed by atoms with E-state index in [4.69, 9.17) is 8.37 Å². The highest BCUT2D eigenvalue weighted by Crippen LogP contribution is 2.59. The predicted octanol–water partition coefficient (Wildman–Crippen LogP) is 3.17. The number of ether oxygens (including phenoxy) is 1. The van der Waals surface area contributed by atoms with Gasteiger partial charge >= 0.3 is 10.1 Å². The SMILES string of the molecule is C=S(C)(C)(OS(=O)(=O)c1ccc(C)cc1)C1CCCCO1. The van der Waals surface area contributed by atoms with Crippen LogP contribution in [0.1, 0.15) is 24.8 Å². The van der Waals surface area contributed by atoms with E-state index in [-0.39, 0.29) is 10.3 Å². The Morgan fingerprint density at radius 1 is 1.24 bits per heavy atom. The molecule has 0 saturated carbocycles. The van der Waals surface area contributed by atoms with Crippen LogP contribution >= 0.6 is 9.03 Å². The Bertz CT molecular complexity index is 662. The van der Waals surface area contributed by atoms with E-state index in [9.17, 15) is 8.42 Å². The fourth-order valence-corrected chi connectivity index (χ4v) is 7.28. The molecule has 0 radical (unpaired) electrons. The minimum absolute atomic E-state index is 0.166. The minimum Gasteiger partial charge on any atom is -0.368 e. The molecule has 0 amide bonds. The summed E-state index contributed by atoms with van der Waals surface area (Å²) in [5, 5.41) is 0. The summed E-state index contributed by atoms with van der Waals surface area (Å²) in [5.74, 6) is 4.14. The minimum atomic E-state index is -3.84. The van der Waals surface area contributed by atoms with Crippen LogP contribution in [0, 0.1) is 6.92 Å². The van der Waals surface area contributed by atoms with Crippen LogP contribution in [0.15, 0.2) is 29.2 Å². The van der Waals surface area contributed by atoms with Gasteiger partial charge in [0.15, 0.2) is 0 Å². The van der Waals surface area contributed by atoms with Gasteiger partial charge in [-0.15, -0.1) is 9.03 Å². The zero-order chi connectivity index (χ0) is 15.8. The summed E-state index contributed by atoms with van der Waals surface area (Å²) in [4.78, 5) is 0.166. The van der Waals surface area contributed by atoms with Crippen LogP contribution < -0.4 is 0 Å². The smallest absolute Gasteiger partial charge is 0.305 e. The molecule has 1 aliphatic heterocycles. The van der Waals surface area contributed by atoms with Crippen molar-refractivity contribution in [3.8, 4) is 0 Å². The highest BCUT2D eigenvalue weighted by Gasteiger charge is 2.38. The number of benzene rings is 1. The Hall–Kier alpha value is -0.690. The van der Waals surface area contributed by atoms with Gasteiger partial charge in [0.1, 0.15) is 5.44 Å². The van der Waals surface area contributed by atoms with Crippen molar-refractivity contribution in [2.75, 3.05) is 19.1 Å². The third-order valence-electron chi connectivity index (χ3n) is 3.58. The largest absolute Gasteiger partial charge is 0.368 e. The van der Waals surface area contributed by atoms with E-state index in [1.54, 1.807) is 36.8 Å². The number of rotatable bonds is 4. The van der Waals surface area contributed by atoms with Crippen LogP contribution in [0.4, 0.5) is 0 Å². The summed E-state index contributed by atoms with van der Waals surface area (Å²) in [6.45, 7) is 2.55. The Morgan fingerprint density at radius 3 is 2.38 bits per heavy atom. The Labute approximate surface area is 127 Å². The Balaban J connectivity index is 2.29. The summed E-state index contributed by atoms with van der Waals surface area (Å²) >= 11 is 0. The maximum absolute atomic E-state index is 12.5. The topological polar surface area (TPSA) is 52.6 Å². The molecule has 0 aromatic heterocycles. The first-order valence-electron chi connectivity index (χ1n) is 6.97. The Morgan fingerprint density at radius 2 is 1.86 bits per heavy atom. The fraction of sp³-hybridized carbons (Fsp3) is 0.533. The number of hydrogen-bond donors (Lipinski definition) is 0. The van der Waals surface area contributed by atoms with E-state index in [2.05, 4.69) is 5.87 Å². The van der Waals surface area contributed by atoms with Gasteiger partial charge in [0.2, 0.25) is 0 Å². The van der Waals surface area contributed by atoms with E-state index < -0.39 is 19.1 Å². The van der Waals surface area contributed by atoms with Crippen LogP contribution in [-0.4, -0.2) is 38.8 Å². The van der Waals surface area contributed by atoms with Crippen LogP contribution in [0.2, 0.25) is 0 Å². The van der Waals surface area contributed by atoms with Crippen molar-refractivity contribution < 1.29 is 16.8 Å². The van der Waals surface area contributed by atoms with Crippen molar-refractivity contribution >= 4 is 25.0 Å². The van der Waals surface area contributed by atoms with Gasteiger partial charge in [0.05, 0.1) is 4.90 Å². The predicted molar refractivity (Wildman–Crippen MR) is 89.6 cm³/mol. The molecule has 1 saturated heterocycles. The van der Waals surface area contributed by atoms with E-state index in [1.807, 2.05) is 6.92 Å².